The summed E-state index contributed by atoms with van der Waals surface area (Å²) in [5, 5.41) is 11.1. The number of hydrogen-bond acceptors (Lipinski definition) is 4. The molecule has 1 aromatic heterocycles. The summed E-state index contributed by atoms with van der Waals surface area (Å²) in [6, 6.07) is 7.32. The molecule has 2 aliphatic rings. The lowest BCUT2D eigenvalue weighted by Gasteiger charge is -2.15. The molecular weight excluding hydrogens is 326 g/mol. The van der Waals surface area contributed by atoms with Crippen molar-refractivity contribution in [1.82, 2.24) is 15.1 Å². The minimum absolute atomic E-state index is 0.150. The maximum atomic E-state index is 13.8. The summed E-state index contributed by atoms with van der Waals surface area (Å²) in [4.78, 5) is 13.9. The Morgan fingerprint density at radius 3 is 2.52 bits per heavy atom. The van der Waals surface area contributed by atoms with Crippen molar-refractivity contribution in [2.45, 2.75) is 25.3 Å². The number of halogens is 2. The van der Waals surface area contributed by atoms with Crippen LogP contribution in [0.3, 0.4) is 0 Å². The zero-order chi connectivity index (χ0) is 17.4. The van der Waals surface area contributed by atoms with Crippen LogP contribution in [0.25, 0.3) is 11.3 Å². The van der Waals surface area contributed by atoms with Gasteiger partial charge in [-0.15, -0.1) is 10.2 Å². The Morgan fingerprint density at radius 1 is 1.12 bits per heavy atom. The molecule has 1 amide bonds. The van der Waals surface area contributed by atoms with Gasteiger partial charge in [-0.3, -0.25) is 4.79 Å². The number of carbonyl (C=O) groups is 1. The first-order chi connectivity index (χ1) is 12.1. The zero-order valence-corrected chi connectivity index (χ0v) is 13.6. The second-order valence-corrected chi connectivity index (χ2v) is 6.63. The molecule has 130 valence electrons. The predicted molar refractivity (Wildman–Crippen MR) is 88.7 cm³/mol. The van der Waals surface area contributed by atoms with Gasteiger partial charge in [-0.1, -0.05) is 6.07 Å². The van der Waals surface area contributed by atoms with Crippen molar-refractivity contribution in [2.75, 3.05) is 18.4 Å². The highest BCUT2D eigenvalue weighted by Crippen LogP contribution is 2.32. The molecule has 1 saturated heterocycles. The van der Waals surface area contributed by atoms with Crippen LogP contribution < -0.4 is 5.32 Å². The highest BCUT2D eigenvalue weighted by molar-refractivity contribution is 5.79. The van der Waals surface area contributed by atoms with Crippen molar-refractivity contribution < 1.29 is 13.6 Å². The number of nitrogens with one attached hydrogen (secondary N) is 1. The van der Waals surface area contributed by atoms with E-state index >= 15 is 0 Å². The summed E-state index contributed by atoms with van der Waals surface area (Å²) in [6.45, 7) is 1.40. The molecule has 7 heteroatoms. The lowest BCUT2D eigenvalue weighted by molar-refractivity contribution is -0.128. The third-order valence-electron chi connectivity index (χ3n) is 4.68. The second kappa shape index (κ2) is 6.38. The Kier molecular flexibility index (Phi) is 4.07. The topological polar surface area (TPSA) is 58.1 Å². The lowest BCUT2D eigenvalue weighted by Crippen LogP contribution is -2.28. The fourth-order valence-electron chi connectivity index (χ4n) is 3.24. The Bertz CT molecular complexity index is 772. The van der Waals surface area contributed by atoms with Crippen LogP contribution in [0.1, 0.15) is 19.3 Å². The first kappa shape index (κ1) is 15.9. The van der Waals surface area contributed by atoms with Crippen LogP contribution >= 0.6 is 0 Å². The first-order valence-electron chi connectivity index (χ1n) is 8.43. The molecule has 1 aromatic carbocycles. The molecule has 1 unspecified atom stereocenters. The van der Waals surface area contributed by atoms with E-state index in [2.05, 4.69) is 15.5 Å². The summed E-state index contributed by atoms with van der Waals surface area (Å²) in [6.07, 6.45) is 2.78. The van der Waals surface area contributed by atoms with Gasteiger partial charge in [0.2, 0.25) is 5.91 Å². The molecule has 2 heterocycles. The molecule has 25 heavy (non-hydrogen) atoms. The Morgan fingerprint density at radius 2 is 1.88 bits per heavy atom. The molecule has 0 bridgehead atoms. The van der Waals surface area contributed by atoms with Crippen LogP contribution in [-0.2, 0) is 4.79 Å². The molecule has 4 rings (SSSR count). The molecule has 1 saturated carbocycles. The zero-order valence-electron chi connectivity index (χ0n) is 13.6. The number of hydrogen-bond donors (Lipinski definition) is 1. The molecule has 5 nitrogen and oxygen atoms in total. The van der Waals surface area contributed by atoms with E-state index in [1.54, 1.807) is 6.07 Å². The third-order valence-corrected chi connectivity index (χ3v) is 4.68. The standard InChI is InChI=1S/C18H18F2N4O/c19-13-2-1-3-14(20)18(13)15-6-7-16(23-22-15)21-9-11-8-17(25)24(10-11)12-4-5-12/h1-3,6-7,11-12H,4-5,8-10H2,(H,21,23). The average Bonchev–Trinajstić information content (AvgIpc) is 3.37. The van der Waals surface area contributed by atoms with Gasteiger partial charge in [0.1, 0.15) is 17.5 Å². The maximum absolute atomic E-state index is 13.8. The normalized spacial score (nSPS) is 20.2. The molecule has 1 atom stereocenters. The van der Waals surface area contributed by atoms with E-state index in [4.69, 9.17) is 0 Å². The van der Waals surface area contributed by atoms with Gasteiger partial charge in [-0.2, -0.15) is 0 Å². The van der Waals surface area contributed by atoms with Crippen molar-refractivity contribution in [3.63, 3.8) is 0 Å². The number of aromatic nitrogens is 2. The molecule has 1 N–H and O–H groups in total. The highest BCUT2D eigenvalue weighted by atomic mass is 19.1. The number of amides is 1. The smallest absolute Gasteiger partial charge is 0.223 e. The van der Waals surface area contributed by atoms with E-state index in [1.807, 2.05) is 4.90 Å². The van der Waals surface area contributed by atoms with Gasteiger partial charge in [-0.25, -0.2) is 8.78 Å². The maximum Gasteiger partial charge on any atom is 0.223 e. The second-order valence-electron chi connectivity index (χ2n) is 6.63. The monoisotopic (exact) mass is 344 g/mol. The minimum Gasteiger partial charge on any atom is -0.368 e. The number of rotatable bonds is 5. The lowest BCUT2D eigenvalue weighted by atomic mass is 10.1. The summed E-state index contributed by atoms with van der Waals surface area (Å²) in [5.74, 6) is -0.332. The number of benzene rings is 1. The van der Waals surface area contributed by atoms with Gasteiger partial charge in [-0.05, 0) is 37.1 Å². The van der Waals surface area contributed by atoms with Crippen LogP contribution in [-0.4, -0.2) is 40.1 Å². The summed E-state index contributed by atoms with van der Waals surface area (Å²) >= 11 is 0. The summed E-state index contributed by atoms with van der Waals surface area (Å²) < 4.78 is 27.5. The quantitative estimate of drug-likeness (QED) is 0.906. The molecular formula is C18H18F2N4O. The van der Waals surface area contributed by atoms with E-state index in [0.29, 0.717) is 24.8 Å². The van der Waals surface area contributed by atoms with Gasteiger partial charge in [0.15, 0.2) is 0 Å². The summed E-state index contributed by atoms with van der Waals surface area (Å²) in [5.41, 5.74) is -0.0277. The van der Waals surface area contributed by atoms with E-state index in [9.17, 15) is 13.6 Å². The van der Waals surface area contributed by atoms with Crippen LogP contribution in [0.5, 0.6) is 0 Å². The molecule has 0 radical (unpaired) electrons. The van der Waals surface area contributed by atoms with Crippen molar-refractivity contribution in [3.05, 3.63) is 42.0 Å². The van der Waals surface area contributed by atoms with Gasteiger partial charge in [0.05, 0.1) is 11.3 Å². The fourth-order valence-corrected chi connectivity index (χ4v) is 3.24. The highest BCUT2D eigenvalue weighted by Gasteiger charge is 2.39. The Hall–Kier alpha value is -2.57. The molecule has 0 spiro atoms. The van der Waals surface area contributed by atoms with E-state index in [0.717, 1.165) is 19.4 Å². The Balaban J connectivity index is 1.39. The van der Waals surface area contributed by atoms with E-state index < -0.39 is 11.6 Å². The van der Waals surface area contributed by atoms with E-state index in [-0.39, 0.29) is 23.1 Å². The van der Waals surface area contributed by atoms with Crippen LogP contribution in [0.4, 0.5) is 14.6 Å². The van der Waals surface area contributed by atoms with Crippen LogP contribution in [0, 0.1) is 17.6 Å². The predicted octanol–water partition coefficient (Wildman–Crippen LogP) is 2.84. The summed E-state index contributed by atoms with van der Waals surface area (Å²) in [7, 11) is 0. The van der Waals surface area contributed by atoms with Gasteiger partial charge in [0.25, 0.3) is 0 Å². The average molecular weight is 344 g/mol. The number of anilines is 1. The SMILES string of the molecule is O=C1CC(CNc2ccc(-c3c(F)cccc3F)nn2)CN1C1CC1. The minimum atomic E-state index is -0.667. The van der Waals surface area contributed by atoms with Crippen molar-refractivity contribution in [2.24, 2.45) is 5.92 Å². The number of likely N-dealkylation sites (tertiary alicyclic amines) is 1. The Labute approximate surface area is 144 Å². The van der Waals surface area contributed by atoms with Gasteiger partial charge < -0.3 is 10.2 Å². The largest absolute Gasteiger partial charge is 0.368 e. The van der Waals surface area contributed by atoms with E-state index in [1.165, 1.54) is 24.3 Å². The van der Waals surface area contributed by atoms with Crippen molar-refractivity contribution >= 4 is 11.7 Å². The fraction of sp³-hybridized carbons (Fsp3) is 0.389. The molecule has 1 aliphatic heterocycles. The van der Waals surface area contributed by atoms with Gasteiger partial charge >= 0.3 is 0 Å². The van der Waals surface area contributed by atoms with Crippen LogP contribution in [0.15, 0.2) is 30.3 Å². The van der Waals surface area contributed by atoms with Gasteiger partial charge in [0, 0.05) is 31.5 Å². The molecule has 2 aromatic rings. The van der Waals surface area contributed by atoms with Crippen LogP contribution in [0.2, 0.25) is 0 Å². The third kappa shape index (κ3) is 3.31. The first-order valence-corrected chi connectivity index (χ1v) is 8.43. The van der Waals surface area contributed by atoms with Crippen molar-refractivity contribution in [1.29, 1.82) is 0 Å². The molecule has 1 aliphatic carbocycles. The number of carbonyl (C=O) groups excluding carboxylic acids is 1. The molecule has 2 fully saturated rings. The van der Waals surface area contributed by atoms with Crippen molar-refractivity contribution in [3.8, 4) is 11.3 Å². The number of nitrogens with zero attached hydrogens (tertiary/aromatic N) is 3.